The number of aliphatic hydroxyl groups excluding tert-OH is 1. The maximum atomic E-state index is 11.5. The van der Waals surface area contributed by atoms with Crippen LogP contribution in [0, 0.1) is 0 Å². The smallest absolute Gasteiger partial charge is 0.330 e. The van der Waals surface area contributed by atoms with Crippen LogP contribution < -0.4 is 0 Å². The minimum atomic E-state index is -0.320. The van der Waals surface area contributed by atoms with Gasteiger partial charge in [0.1, 0.15) is 0 Å². The highest BCUT2D eigenvalue weighted by molar-refractivity contribution is 5.87. The number of hydrogen-bond donors (Lipinski definition) is 1. The summed E-state index contributed by atoms with van der Waals surface area (Å²) in [6.45, 7) is 4.56. The van der Waals surface area contributed by atoms with Gasteiger partial charge < -0.3 is 9.84 Å². The fraction of sp³-hybridized carbons (Fsp3) is 0.438. The molecule has 0 bridgehead atoms. The van der Waals surface area contributed by atoms with Crippen molar-refractivity contribution in [3.05, 3.63) is 41.5 Å². The molecule has 3 heteroatoms. The van der Waals surface area contributed by atoms with Gasteiger partial charge >= 0.3 is 5.97 Å². The molecule has 0 aliphatic carbocycles. The second-order valence-corrected chi connectivity index (χ2v) is 4.57. The predicted molar refractivity (Wildman–Crippen MR) is 76.8 cm³/mol. The van der Waals surface area contributed by atoms with Crippen molar-refractivity contribution in [3.8, 4) is 0 Å². The van der Waals surface area contributed by atoms with Crippen molar-refractivity contribution in [2.24, 2.45) is 0 Å². The first kappa shape index (κ1) is 15.4. The molecule has 1 aromatic rings. The SMILES string of the molecule is CCCCOC(=O)/C=C/c1ccccc1C(C)CO. The van der Waals surface area contributed by atoms with Crippen molar-refractivity contribution in [3.63, 3.8) is 0 Å². The molecule has 1 aromatic carbocycles. The number of carbonyl (C=O) groups excluding carboxylic acids is 1. The van der Waals surface area contributed by atoms with E-state index in [1.54, 1.807) is 6.08 Å². The molecule has 1 rings (SSSR count). The quantitative estimate of drug-likeness (QED) is 0.466. The normalized spacial score (nSPS) is 12.6. The summed E-state index contributed by atoms with van der Waals surface area (Å²) >= 11 is 0. The van der Waals surface area contributed by atoms with Crippen molar-refractivity contribution in [2.75, 3.05) is 13.2 Å². The van der Waals surface area contributed by atoms with Crippen LogP contribution in [-0.2, 0) is 9.53 Å². The highest BCUT2D eigenvalue weighted by Crippen LogP contribution is 2.20. The molecule has 104 valence electrons. The van der Waals surface area contributed by atoms with E-state index in [0.717, 1.165) is 24.0 Å². The van der Waals surface area contributed by atoms with Crippen LogP contribution in [-0.4, -0.2) is 24.3 Å². The van der Waals surface area contributed by atoms with E-state index >= 15 is 0 Å². The van der Waals surface area contributed by atoms with Crippen LogP contribution in [0.25, 0.3) is 6.08 Å². The van der Waals surface area contributed by atoms with Crippen LogP contribution in [0.4, 0.5) is 0 Å². The summed E-state index contributed by atoms with van der Waals surface area (Å²) in [5.41, 5.74) is 1.97. The van der Waals surface area contributed by atoms with Crippen LogP contribution in [0.2, 0.25) is 0 Å². The molecule has 0 aromatic heterocycles. The van der Waals surface area contributed by atoms with Gasteiger partial charge in [0.25, 0.3) is 0 Å². The van der Waals surface area contributed by atoms with Gasteiger partial charge in [0.05, 0.1) is 6.61 Å². The third kappa shape index (κ3) is 5.26. The Morgan fingerprint density at radius 1 is 1.42 bits per heavy atom. The summed E-state index contributed by atoms with van der Waals surface area (Å²) in [5, 5.41) is 9.22. The second kappa shape index (κ2) is 8.48. The first-order chi connectivity index (χ1) is 9.19. The third-order valence-corrected chi connectivity index (χ3v) is 2.94. The van der Waals surface area contributed by atoms with Crippen LogP contribution in [0.5, 0.6) is 0 Å². The molecule has 19 heavy (non-hydrogen) atoms. The molecular formula is C16H22O3. The average molecular weight is 262 g/mol. The van der Waals surface area contributed by atoms with Crippen LogP contribution in [0.1, 0.15) is 43.7 Å². The molecule has 0 spiro atoms. The topological polar surface area (TPSA) is 46.5 Å². The van der Waals surface area contributed by atoms with Crippen molar-refractivity contribution < 1.29 is 14.6 Å². The van der Waals surface area contributed by atoms with Crippen molar-refractivity contribution >= 4 is 12.0 Å². The summed E-state index contributed by atoms with van der Waals surface area (Å²) in [6, 6.07) is 7.73. The molecule has 1 unspecified atom stereocenters. The Hall–Kier alpha value is -1.61. The monoisotopic (exact) mass is 262 g/mol. The van der Waals surface area contributed by atoms with Crippen LogP contribution in [0.3, 0.4) is 0 Å². The highest BCUT2D eigenvalue weighted by Gasteiger charge is 2.07. The fourth-order valence-electron chi connectivity index (χ4n) is 1.73. The van der Waals surface area contributed by atoms with Gasteiger partial charge in [-0.05, 0) is 23.6 Å². The summed E-state index contributed by atoms with van der Waals surface area (Å²) in [4.78, 5) is 11.5. The Kier molecular flexibility index (Phi) is 6.90. The zero-order chi connectivity index (χ0) is 14.1. The second-order valence-electron chi connectivity index (χ2n) is 4.57. The maximum Gasteiger partial charge on any atom is 0.330 e. The summed E-state index contributed by atoms with van der Waals surface area (Å²) in [7, 11) is 0. The Bertz CT molecular complexity index is 424. The standard InChI is InChI=1S/C16H22O3/c1-3-4-11-19-16(18)10-9-14-7-5-6-8-15(14)13(2)12-17/h5-10,13,17H,3-4,11-12H2,1-2H3/b10-9+. The number of hydrogen-bond acceptors (Lipinski definition) is 3. The Morgan fingerprint density at radius 2 is 2.16 bits per heavy atom. The van der Waals surface area contributed by atoms with Gasteiger partial charge in [-0.3, -0.25) is 0 Å². The minimum absolute atomic E-state index is 0.0527. The van der Waals surface area contributed by atoms with Gasteiger partial charge in [0.15, 0.2) is 0 Å². The Labute approximate surface area is 114 Å². The Morgan fingerprint density at radius 3 is 2.84 bits per heavy atom. The van der Waals surface area contributed by atoms with Gasteiger partial charge in [-0.25, -0.2) is 4.79 Å². The number of rotatable bonds is 7. The number of esters is 1. The molecular weight excluding hydrogens is 240 g/mol. The summed E-state index contributed by atoms with van der Waals surface area (Å²) in [6.07, 6.45) is 5.08. The van der Waals surface area contributed by atoms with Gasteiger partial charge in [-0.1, -0.05) is 44.5 Å². The lowest BCUT2D eigenvalue weighted by Crippen LogP contribution is -2.03. The average Bonchev–Trinajstić information content (AvgIpc) is 2.45. The molecule has 0 aliphatic heterocycles. The minimum Gasteiger partial charge on any atom is -0.463 e. The van der Waals surface area contributed by atoms with Crippen molar-refractivity contribution in [1.82, 2.24) is 0 Å². The Balaban J connectivity index is 2.68. The van der Waals surface area contributed by atoms with E-state index in [2.05, 4.69) is 6.92 Å². The van der Waals surface area contributed by atoms with E-state index in [0.29, 0.717) is 6.61 Å². The number of benzene rings is 1. The molecule has 0 aliphatic rings. The number of aliphatic hydroxyl groups is 1. The third-order valence-electron chi connectivity index (χ3n) is 2.94. The zero-order valence-electron chi connectivity index (χ0n) is 11.6. The predicted octanol–water partition coefficient (Wildman–Crippen LogP) is 3.14. The molecule has 0 saturated heterocycles. The van der Waals surface area contributed by atoms with E-state index < -0.39 is 0 Å². The number of ether oxygens (including phenoxy) is 1. The zero-order valence-corrected chi connectivity index (χ0v) is 11.6. The number of carbonyl (C=O) groups is 1. The molecule has 1 N–H and O–H groups in total. The van der Waals surface area contributed by atoms with Gasteiger partial charge in [0.2, 0.25) is 0 Å². The van der Waals surface area contributed by atoms with Crippen LogP contribution in [0.15, 0.2) is 30.3 Å². The molecule has 0 radical (unpaired) electrons. The van der Waals surface area contributed by atoms with Gasteiger partial charge in [-0.15, -0.1) is 0 Å². The fourth-order valence-corrected chi connectivity index (χ4v) is 1.73. The van der Waals surface area contributed by atoms with E-state index in [1.165, 1.54) is 6.08 Å². The van der Waals surface area contributed by atoms with E-state index in [9.17, 15) is 9.90 Å². The van der Waals surface area contributed by atoms with Gasteiger partial charge in [0, 0.05) is 18.6 Å². The van der Waals surface area contributed by atoms with E-state index in [4.69, 9.17) is 4.74 Å². The van der Waals surface area contributed by atoms with Crippen molar-refractivity contribution in [2.45, 2.75) is 32.6 Å². The molecule has 1 atom stereocenters. The van der Waals surface area contributed by atoms with Crippen molar-refractivity contribution in [1.29, 1.82) is 0 Å². The molecule has 0 saturated carbocycles. The molecule has 0 amide bonds. The van der Waals surface area contributed by atoms with Gasteiger partial charge in [-0.2, -0.15) is 0 Å². The lowest BCUT2D eigenvalue weighted by molar-refractivity contribution is -0.137. The largest absolute Gasteiger partial charge is 0.463 e. The lowest BCUT2D eigenvalue weighted by Gasteiger charge is -2.11. The first-order valence-corrected chi connectivity index (χ1v) is 6.73. The summed E-state index contributed by atoms with van der Waals surface area (Å²) < 4.78 is 5.06. The molecule has 3 nitrogen and oxygen atoms in total. The number of unbranched alkanes of at least 4 members (excludes halogenated alkanes) is 1. The first-order valence-electron chi connectivity index (χ1n) is 6.73. The van der Waals surface area contributed by atoms with E-state index in [-0.39, 0.29) is 18.5 Å². The van der Waals surface area contributed by atoms with E-state index in [1.807, 2.05) is 31.2 Å². The highest BCUT2D eigenvalue weighted by atomic mass is 16.5. The molecule has 0 fully saturated rings. The molecule has 0 heterocycles. The lowest BCUT2D eigenvalue weighted by atomic mass is 9.96. The van der Waals surface area contributed by atoms with Crippen LogP contribution >= 0.6 is 0 Å². The summed E-state index contributed by atoms with van der Waals surface area (Å²) in [5.74, 6) is -0.267. The maximum absolute atomic E-state index is 11.5.